The summed E-state index contributed by atoms with van der Waals surface area (Å²) in [6, 6.07) is 15.6. The number of carbonyl (C=O) groups is 1. The first-order valence-electron chi connectivity index (χ1n) is 5.94. The zero-order valence-electron chi connectivity index (χ0n) is 10.9. The van der Waals surface area contributed by atoms with Gasteiger partial charge in [-0.3, -0.25) is 9.69 Å². The van der Waals surface area contributed by atoms with Crippen LogP contribution in [0.15, 0.2) is 48.5 Å². The number of rotatable bonds is 2. The molecule has 0 bridgehead atoms. The van der Waals surface area contributed by atoms with Gasteiger partial charge in [0.15, 0.2) is 5.69 Å². The van der Waals surface area contributed by atoms with Crippen molar-refractivity contribution in [3.05, 3.63) is 65.5 Å². The zero-order chi connectivity index (χ0) is 14.5. The molecule has 0 aliphatic heterocycles. The lowest BCUT2D eigenvalue weighted by Gasteiger charge is -2.21. The molecule has 4 heteroatoms. The molecule has 0 unspecified atom stereocenters. The Kier molecular flexibility index (Phi) is 3.79. The van der Waals surface area contributed by atoms with E-state index in [4.69, 9.17) is 11.8 Å². The smallest absolute Gasteiger partial charge is 0.228 e. The highest BCUT2D eigenvalue weighted by molar-refractivity contribution is 5.99. The van der Waals surface area contributed by atoms with Crippen molar-refractivity contribution >= 4 is 23.0 Å². The number of benzene rings is 2. The van der Waals surface area contributed by atoms with Crippen LogP contribution in [0.25, 0.3) is 4.85 Å². The highest BCUT2D eigenvalue weighted by atomic mass is 16.2. The van der Waals surface area contributed by atoms with Crippen molar-refractivity contribution in [2.24, 2.45) is 0 Å². The maximum absolute atomic E-state index is 11.9. The van der Waals surface area contributed by atoms with E-state index in [2.05, 4.69) is 4.85 Å². The fourth-order valence-electron chi connectivity index (χ4n) is 1.87. The third kappa shape index (κ3) is 2.66. The number of carbonyl (C=O) groups excluding carboxylic acids is 1. The molecule has 0 aliphatic carbocycles. The van der Waals surface area contributed by atoms with Crippen molar-refractivity contribution in [2.75, 3.05) is 4.90 Å². The monoisotopic (exact) mass is 261 g/mol. The van der Waals surface area contributed by atoms with Crippen molar-refractivity contribution < 1.29 is 4.79 Å². The summed E-state index contributed by atoms with van der Waals surface area (Å²) in [6.07, 6.45) is 0. The third-order valence-electron chi connectivity index (χ3n) is 2.81. The van der Waals surface area contributed by atoms with Crippen LogP contribution in [0, 0.1) is 17.9 Å². The molecule has 20 heavy (non-hydrogen) atoms. The Morgan fingerprint density at radius 3 is 2.00 bits per heavy atom. The molecular weight excluding hydrogens is 250 g/mol. The lowest BCUT2D eigenvalue weighted by Crippen LogP contribution is -2.22. The lowest BCUT2D eigenvalue weighted by molar-refractivity contribution is -0.115. The first-order chi connectivity index (χ1) is 9.65. The van der Waals surface area contributed by atoms with E-state index in [1.807, 2.05) is 6.07 Å². The fourth-order valence-corrected chi connectivity index (χ4v) is 1.87. The van der Waals surface area contributed by atoms with Gasteiger partial charge in [-0.2, -0.15) is 5.26 Å². The average Bonchev–Trinajstić information content (AvgIpc) is 2.48. The minimum atomic E-state index is -0.134. The van der Waals surface area contributed by atoms with Gasteiger partial charge in [-0.1, -0.05) is 12.1 Å². The maximum Gasteiger partial charge on any atom is 0.228 e. The predicted octanol–water partition coefficient (Wildman–Crippen LogP) is 3.79. The summed E-state index contributed by atoms with van der Waals surface area (Å²) in [5.74, 6) is -0.134. The molecule has 2 aromatic carbocycles. The molecular formula is C16H11N3O. The highest BCUT2D eigenvalue weighted by Crippen LogP contribution is 2.27. The first-order valence-corrected chi connectivity index (χ1v) is 5.94. The standard InChI is InChI=1S/C16H11N3O/c1-12(20)19(15-7-3-13(11-17)4-8-15)16-9-5-14(18-2)6-10-16/h3-10H,1H3. The second kappa shape index (κ2) is 5.69. The minimum absolute atomic E-state index is 0.134. The third-order valence-corrected chi connectivity index (χ3v) is 2.81. The van der Waals surface area contributed by atoms with Gasteiger partial charge >= 0.3 is 0 Å². The van der Waals surface area contributed by atoms with E-state index >= 15 is 0 Å². The molecule has 0 aliphatic rings. The molecule has 2 aromatic rings. The molecule has 0 fully saturated rings. The number of hydrogen-bond donors (Lipinski definition) is 0. The van der Waals surface area contributed by atoms with Gasteiger partial charge in [0.1, 0.15) is 0 Å². The lowest BCUT2D eigenvalue weighted by atomic mass is 10.2. The van der Waals surface area contributed by atoms with Gasteiger partial charge in [0.25, 0.3) is 0 Å². The van der Waals surface area contributed by atoms with Crippen LogP contribution >= 0.6 is 0 Å². The zero-order valence-corrected chi connectivity index (χ0v) is 10.9. The predicted molar refractivity (Wildman–Crippen MR) is 76.7 cm³/mol. The van der Waals surface area contributed by atoms with Gasteiger partial charge in [-0.25, -0.2) is 4.85 Å². The van der Waals surface area contributed by atoms with Crippen molar-refractivity contribution in [1.82, 2.24) is 0 Å². The maximum atomic E-state index is 11.9. The molecule has 0 atom stereocenters. The van der Waals surface area contributed by atoms with Crippen molar-refractivity contribution in [1.29, 1.82) is 5.26 Å². The van der Waals surface area contributed by atoms with Crippen LogP contribution in [0.3, 0.4) is 0 Å². The van der Waals surface area contributed by atoms with Crippen molar-refractivity contribution in [2.45, 2.75) is 6.92 Å². The molecule has 0 radical (unpaired) electrons. The Morgan fingerprint density at radius 2 is 1.60 bits per heavy atom. The molecule has 96 valence electrons. The number of amides is 1. The molecule has 0 saturated carbocycles. The van der Waals surface area contributed by atoms with Gasteiger partial charge in [0.2, 0.25) is 5.91 Å². The van der Waals surface area contributed by atoms with Crippen LogP contribution in [0.1, 0.15) is 12.5 Å². The van der Waals surface area contributed by atoms with Crippen LogP contribution in [0.5, 0.6) is 0 Å². The summed E-state index contributed by atoms with van der Waals surface area (Å²) in [5.41, 5.74) is 2.44. The minimum Gasteiger partial charge on any atom is -0.281 e. The average molecular weight is 261 g/mol. The Bertz CT molecular complexity index is 646. The summed E-state index contributed by atoms with van der Waals surface area (Å²) < 4.78 is 0. The van der Waals surface area contributed by atoms with E-state index in [1.165, 1.54) is 11.8 Å². The van der Waals surface area contributed by atoms with Gasteiger partial charge < -0.3 is 0 Å². The highest BCUT2D eigenvalue weighted by Gasteiger charge is 2.13. The van der Waals surface area contributed by atoms with Gasteiger partial charge in [0.05, 0.1) is 18.2 Å². The second-order valence-corrected chi connectivity index (χ2v) is 4.14. The van der Waals surface area contributed by atoms with Crippen LogP contribution < -0.4 is 4.90 Å². The van der Waals surface area contributed by atoms with Crippen LogP contribution in [-0.2, 0) is 4.79 Å². The molecule has 2 rings (SSSR count). The van der Waals surface area contributed by atoms with E-state index in [-0.39, 0.29) is 5.91 Å². The SMILES string of the molecule is [C-]#[N+]c1ccc(N(C(C)=O)c2ccc(C#N)cc2)cc1. The largest absolute Gasteiger partial charge is 0.281 e. The van der Waals surface area contributed by atoms with Gasteiger partial charge in [0, 0.05) is 18.3 Å². The summed E-state index contributed by atoms with van der Waals surface area (Å²) >= 11 is 0. The van der Waals surface area contributed by atoms with Crippen LogP contribution in [0.2, 0.25) is 0 Å². The Labute approximate surface area is 117 Å². The summed E-state index contributed by atoms with van der Waals surface area (Å²) in [5, 5.41) is 8.79. The van der Waals surface area contributed by atoms with E-state index in [1.54, 1.807) is 48.5 Å². The topological polar surface area (TPSA) is 48.5 Å². The molecule has 0 aromatic heterocycles. The fraction of sp³-hybridized carbons (Fsp3) is 0.0625. The number of nitriles is 1. The van der Waals surface area contributed by atoms with E-state index in [0.717, 1.165) is 0 Å². The summed E-state index contributed by atoms with van der Waals surface area (Å²) in [4.78, 5) is 16.7. The normalized spacial score (nSPS) is 9.35. The summed E-state index contributed by atoms with van der Waals surface area (Å²) in [6.45, 7) is 8.40. The molecule has 0 saturated heterocycles. The molecule has 0 heterocycles. The molecule has 0 spiro atoms. The van der Waals surface area contributed by atoms with Gasteiger partial charge in [-0.15, -0.1) is 0 Å². The second-order valence-electron chi connectivity index (χ2n) is 4.14. The summed E-state index contributed by atoms with van der Waals surface area (Å²) in [7, 11) is 0. The molecule has 1 amide bonds. The van der Waals surface area contributed by atoms with E-state index in [9.17, 15) is 4.79 Å². The molecule has 4 nitrogen and oxygen atoms in total. The quantitative estimate of drug-likeness (QED) is 0.772. The Morgan fingerprint density at radius 1 is 1.10 bits per heavy atom. The van der Waals surface area contributed by atoms with E-state index < -0.39 is 0 Å². The first kappa shape index (κ1) is 13.3. The van der Waals surface area contributed by atoms with E-state index in [0.29, 0.717) is 22.6 Å². The van der Waals surface area contributed by atoms with Crippen molar-refractivity contribution in [3.63, 3.8) is 0 Å². The molecule has 0 N–H and O–H groups in total. The Hall–Kier alpha value is -3.11. The Balaban J connectivity index is 2.42. The van der Waals surface area contributed by atoms with Crippen molar-refractivity contribution in [3.8, 4) is 6.07 Å². The van der Waals surface area contributed by atoms with Crippen LogP contribution in [0.4, 0.5) is 17.1 Å². The number of nitrogens with zero attached hydrogens (tertiary/aromatic N) is 3. The van der Waals surface area contributed by atoms with Crippen LogP contribution in [-0.4, -0.2) is 5.91 Å². The van der Waals surface area contributed by atoms with Gasteiger partial charge in [-0.05, 0) is 36.4 Å². The number of hydrogen-bond acceptors (Lipinski definition) is 2. The number of anilines is 2.